The normalized spacial score (nSPS) is 18.1. The summed E-state index contributed by atoms with van der Waals surface area (Å²) in [6.45, 7) is 3.91. The molecule has 0 aliphatic carbocycles. The molecule has 154 valence electrons. The van der Waals surface area contributed by atoms with Crippen LogP contribution in [0, 0.1) is 0 Å². The molecular formula is C20H29N3O5. The molecule has 0 spiro atoms. The minimum atomic E-state index is -0.416. The molecule has 1 saturated heterocycles. The van der Waals surface area contributed by atoms with Crippen LogP contribution in [0.1, 0.15) is 46.0 Å². The number of unbranched alkanes of at least 4 members (excludes halogenated alkanes) is 2. The number of urea groups is 1. The highest BCUT2D eigenvalue weighted by molar-refractivity contribution is 5.90. The van der Waals surface area contributed by atoms with E-state index in [-0.39, 0.29) is 30.6 Å². The summed E-state index contributed by atoms with van der Waals surface area (Å²) in [4.78, 5) is 34.5. The van der Waals surface area contributed by atoms with Crippen LogP contribution in [0.3, 0.4) is 0 Å². The highest BCUT2D eigenvalue weighted by Crippen LogP contribution is 2.17. The van der Waals surface area contributed by atoms with Crippen molar-refractivity contribution in [3.63, 3.8) is 0 Å². The molecule has 1 aliphatic heterocycles. The Bertz CT molecular complexity index is 662. The molecule has 2 rings (SSSR count). The van der Waals surface area contributed by atoms with Gasteiger partial charge in [-0.2, -0.15) is 0 Å². The van der Waals surface area contributed by atoms with Gasteiger partial charge in [0.2, 0.25) is 5.91 Å². The standard InChI is InChI=1S/C20H29N3O5/c1-3-27-19(25)13-28-16-11-9-15(10-12-16)22-18(24)8-6-4-5-7-17-14(2)21-20(26)23-17/h9-12,14,17H,3-8,13H2,1-2H3,(H,22,24)(H2,21,23,26)/t14-,17+/m1/s1. The molecule has 28 heavy (non-hydrogen) atoms. The monoisotopic (exact) mass is 391 g/mol. The average Bonchev–Trinajstić information content (AvgIpc) is 2.98. The summed E-state index contributed by atoms with van der Waals surface area (Å²) in [5.74, 6) is 0.0825. The number of anilines is 1. The van der Waals surface area contributed by atoms with Crippen LogP contribution in [-0.2, 0) is 14.3 Å². The van der Waals surface area contributed by atoms with Gasteiger partial charge in [-0.05, 0) is 51.0 Å². The Morgan fingerprint density at radius 3 is 2.50 bits per heavy atom. The fraction of sp³-hybridized carbons (Fsp3) is 0.550. The van der Waals surface area contributed by atoms with Crippen LogP contribution in [0.25, 0.3) is 0 Å². The van der Waals surface area contributed by atoms with Gasteiger partial charge < -0.3 is 25.4 Å². The number of hydrogen-bond acceptors (Lipinski definition) is 5. The van der Waals surface area contributed by atoms with Crippen molar-refractivity contribution in [3.05, 3.63) is 24.3 Å². The van der Waals surface area contributed by atoms with Crippen molar-refractivity contribution in [2.75, 3.05) is 18.5 Å². The fourth-order valence-corrected chi connectivity index (χ4v) is 2.99. The van der Waals surface area contributed by atoms with Crippen molar-refractivity contribution in [2.45, 2.75) is 58.0 Å². The van der Waals surface area contributed by atoms with Crippen LogP contribution >= 0.6 is 0 Å². The lowest BCUT2D eigenvalue weighted by Crippen LogP contribution is -2.30. The van der Waals surface area contributed by atoms with E-state index in [1.165, 1.54) is 0 Å². The third-order valence-corrected chi connectivity index (χ3v) is 4.50. The molecule has 1 aromatic rings. The Hall–Kier alpha value is -2.77. The summed E-state index contributed by atoms with van der Waals surface area (Å²) in [6, 6.07) is 7.07. The maximum Gasteiger partial charge on any atom is 0.344 e. The fourth-order valence-electron chi connectivity index (χ4n) is 2.99. The zero-order valence-corrected chi connectivity index (χ0v) is 16.5. The van der Waals surface area contributed by atoms with Crippen molar-refractivity contribution in [3.8, 4) is 5.75 Å². The van der Waals surface area contributed by atoms with Gasteiger partial charge in [-0.15, -0.1) is 0 Å². The molecular weight excluding hydrogens is 362 g/mol. The predicted molar refractivity (Wildman–Crippen MR) is 105 cm³/mol. The molecule has 0 bridgehead atoms. The zero-order chi connectivity index (χ0) is 20.4. The molecule has 0 unspecified atom stereocenters. The molecule has 2 atom stereocenters. The van der Waals surface area contributed by atoms with E-state index in [0.717, 1.165) is 25.7 Å². The number of nitrogens with one attached hydrogen (secondary N) is 3. The molecule has 0 aromatic heterocycles. The summed E-state index contributed by atoms with van der Waals surface area (Å²) in [5, 5.41) is 8.57. The topological polar surface area (TPSA) is 106 Å². The third-order valence-electron chi connectivity index (χ3n) is 4.50. The summed E-state index contributed by atoms with van der Waals surface area (Å²) in [5.41, 5.74) is 0.682. The minimum absolute atomic E-state index is 0.0376. The van der Waals surface area contributed by atoms with E-state index < -0.39 is 5.97 Å². The molecule has 3 amide bonds. The highest BCUT2D eigenvalue weighted by Gasteiger charge is 2.26. The van der Waals surface area contributed by atoms with Crippen molar-refractivity contribution >= 4 is 23.6 Å². The van der Waals surface area contributed by atoms with Gasteiger partial charge in [-0.25, -0.2) is 9.59 Å². The van der Waals surface area contributed by atoms with Crippen LogP contribution in [-0.4, -0.2) is 43.2 Å². The zero-order valence-electron chi connectivity index (χ0n) is 16.5. The van der Waals surface area contributed by atoms with Crippen molar-refractivity contribution in [1.29, 1.82) is 0 Å². The molecule has 8 nitrogen and oxygen atoms in total. The summed E-state index contributed by atoms with van der Waals surface area (Å²) in [7, 11) is 0. The SMILES string of the molecule is CCOC(=O)COc1ccc(NC(=O)CCCCC[C@@H]2NC(=O)N[C@@H]2C)cc1. The van der Waals surface area contributed by atoms with Crippen molar-refractivity contribution < 1.29 is 23.9 Å². The maximum atomic E-state index is 12.0. The summed E-state index contributed by atoms with van der Waals surface area (Å²) in [6.07, 6.45) is 4.07. The van der Waals surface area contributed by atoms with Crippen LogP contribution in [0.5, 0.6) is 5.75 Å². The average molecular weight is 391 g/mol. The van der Waals surface area contributed by atoms with E-state index in [2.05, 4.69) is 16.0 Å². The molecule has 1 heterocycles. The smallest absolute Gasteiger partial charge is 0.344 e. The van der Waals surface area contributed by atoms with Crippen molar-refractivity contribution in [1.82, 2.24) is 10.6 Å². The number of amides is 3. The van der Waals surface area contributed by atoms with Gasteiger partial charge in [0.05, 0.1) is 12.6 Å². The number of esters is 1. The first-order chi connectivity index (χ1) is 13.5. The molecule has 0 radical (unpaired) electrons. The Kier molecular flexibility index (Phi) is 8.58. The van der Waals surface area contributed by atoms with Crippen molar-refractivity contribution in [2.24, 2.45) is 0 Å². The van der Waals surface area contributed by atoms with E-state index in [9.17, 15) is 14.4 Å². The van der Waals surface area contributed by atoms with Crippen LogP contribution < -0.4 is 20.7 Å². The Labute approximate surface area is 165 Å². The maximum absolute atomic E-state index is 12.0. The number of carbonyl (C=O) groups excluding carboxylic acids is 3. The Morgan fingerprint density at radius 2 is 1.86 bits per heavy atom. The second-order valence-electron chi connectivity index (χ2n) is 6.78. The lowest BCUT2D eigenvalue weighted by Gasteiger charge is -2.13. The van der Waals surface area contributed by atoms with Gasteiger partial charge >= 0.3 is 12.0 Å². The third kappa shape index (κ3) is 7.46. The van der Waals surface area contributed by atoms with E-state index in [4.69, 9.17) is 9.47 Å². The Balaban J connectivity index is 1.59. The largest absolute Gasteiger partial charge is 0.482 e. The Morgan fingerprint density at radius 1 is 1.11 bits per heavy atom. The molecule has 0 saturated carbocycles. The highest BCUT2D eigenvalue weighted by atomic mass is 16.6. The quantitative estimate of drug-likeness (QED) is 0.397. The number of benzene rings is 1. The second-order valence-corrected chi connectivity index (χ2v) is 6.78. The first-order valence-corrected chi connectivity index (χ1v) is 9.73. The van der Waals surface area contributed by atoms with E-state index in [1.54, 1.807) is 31.2 Å². The van der Waals surface area contributed by atoms with Gasteiger partial charge in [0.25, 0.3) is 0 Å². The lowest BCUT2D eigenvalue weighted by atomic mass is 10.0. The predicted octanol–water partition coefficient (Wildman–Crippen LogP) is 2.59. The van der Waals surface area contributed by atoms with Gasteiger partial charge in [0.15, 0.2) is 6.61 Å². The van der Waals surface area contributed by atoms with Gasteiger partial charge in [-0.1, -0.05) is 12.8 Å². The molecule has 1 fully saturated rings. The minimum Gasteiger partial charge on any atom is -0.482 e. The van der Waals surface area contributed by atoms with E-state index in [0.29, 0.717) is 24.5 Å². The number of hydrogen-bond donors (Lipinski definition) is 3. The lowest BCUT2D eigenvalue weighted by molar-refractivity contribution is -0.145. The number of carbonyl (C=O) groups is 3. The first kappa shape index (κ1) is 21.5. The van der Waals surface area contributed by atoms with Gasteiger partial charge in [0, 0.05) is 18.2 Å². The summed E-state index contributed by atoms with van der Waals surface area (Å²) < 4.78 is 10.1. The molecule has 8 heteroatoms. The van der Waals surface area contributed by atoms with Crippen LogP contribution in [0.2, 0.25) is 0 Å². The first-order valence-electron chi connectivity index (χ1n) is 9.73. The van der Waals surface area contributed by atoms with E-state index >= 15 is 0 Å². The van der Waals surface area contributed by atoms with Crippen LogP contribution in [0.4, 0.5) is 10.5 Å². The second kappa shape index (κ2) is 11.2. The molecule has 1 aromatic carbocycles. The van der Waals surface area contributed by atoms with Gasteiger partial charge in [0.1, 0.15) is 5.75 Å². The molecule has 3 N–H and O–H groups in total. The van der Waals surface area contributed by atoms with E-state index in [1.807, 2.05) is 6.92 Å². The van der Waals surface area contributed by atoms with Crippen LogP contribution in [0.15, 0.2) is 24.3 Å². The molecule has 1 aliphatic rings. The van der Waals surface area contributed by atoms with Gasteiger partial charge in [-0.3, -0.25) is 4.79 Å². The number of ether oxygens (including phenoxy) is 2. The summed E-state index contributed by atoms with van der Waals surface area (Å²) >= 11 is 0. The number of rotatable bonds is 11.